The molecule has 8 heteroatoms. The molecule has 1 atom stereocenters. The predicted molar refractivity (Wildman–Crippen MR) is 79.4 cm³/mol. The average Bonchev–Trinajstić information content (AvgIpc) is 2.83. The van der Waals surface area contributed by atoms with Gasteiger partial charge in [0.2, 0.25) is 0 Å². The van der Waals surface area contributed by atoms with E-state index in [0.717, 1.165) is 5.56 Å². The van der Waals surface area contributed by atoms with Gasteiger partial charge in [0, 0.05) is 12.6 Å². The summed E-state index contributed by atoms with van der Waals surface area (Å²) < 4.78 is 28.0. The van der Waals surface area contributed by atoms with Crippen LogP contribution in [0.5, 0.6) is 5.75 Å². The second kappa shape index (κ2) is 6.31. The van der Waals surface area contributed by atoms with E-state index in [1.54, 1.807) is 12.1 Å². The number of ether oxygens (including phenoxy) is 1. The van der Waals surface area contributed by atoms with Crippen molar-refractivity contribution in [1.82, 2.24) is 5.32 Å². The fraction of sp³-hybridized carbons (Fsp3) is 0.462. The van der Waals surface area contributed by atoms with Crippen molar-refractivity contribution in [2.24, 2.45) is 10.9 Å². The normalized spacial score (nSPS) is 21.4. The van der Waals surface area contributed by atoms with Gasteiger partial charge >= 0.3 is 0 Å². The van der Waals surface area contributed by atoms with Gasteiger partial charge in [-0.1, -0.05) is 11.2 Å². The first kappa shape index (κ1) is 15.6. The monoisotopic (exact) mass is 313 g/mol. The zero-order valence-corrected chi connectivity index (χ0v) is 12.6. The topological polar surface area (TPSA) is 114 Å². The van der Waals surface area contributed by atoms with Crippen LogP contribution in [0.2, 0.25) is 0 Å². The Kier molecular flexibility index (Phi) is 4.69. The third kappa shape index (κ3) is 3.85. The van der Waals surface area contributed by atoms with E-state index in [0.29, 0.717) is 24.3 Å². The van der Waals surface area contributed by atoms with Crippen LogP contribution in [0, 0.1) is 0 Å². The number of nitrogens with zero attached hydrogens (tertiary/aromatic N) is 1. The van der Waals surface area contributed by atoms with Gasteiger partial charge < -0.3 is 21.0 Å². The number of methoxy groups -OCH3 is 1. The van der Waals surface area contributed by atoms with E-state index >= 15 is 0 Å². The second-order valence-electron chi connectivity index (χ2n) is 5.00. The first-order valence-electron chi connectivity index (χ1n) is 6.54. The minimum atomic E-state index is -2.88. The Morgan fingerprint density at radius 3 is 2.90 bits per heavy atom. The maximum atomic E-state index is 11.4. The number of benzene rings is 1. The van der Waals surface area contributed by atoms with Gasteiger partial charge in [0.1, 0.15) is 5.75 Å². The van der Waals surface area contributed by atoms with E-state index in [4.69, 9.17) is 15.7 Å². The Morgan fingerprint density at radius 1 is 1.57 bits per heavy atom. The summed E-state index contributed by atoms with van der Waals surface area (Å²) in [6, 6.07) is 5.30. The van der Waals surface area contributed by atoms with E-state index < -0.39 is 9.84 Å². The first-order valence-corrected chi connectivity index (χ1v) is 8.36. The van der Waals surface area contributed by atoms with Gasteiger partial charge in [0.05, 0.1) is 24.2 Å². The van der Waals surface area contributed by atoms with E-state index in [-0.39, 0.29) is 23.4 Å². The van der Waals surface area contributed by atoms with Gasteiger partial charge in [-0.25, -0.2) is 8.42 Å². The third-order valence-corrected chi connectivity index (χ3v) is 5.24. The molecule has 0 aliphatic carbocycles. The molecule has 1 heterocycles. The summed E-state index contributed by atoms with van der Waals surface area (Å²) in [6.45, 7) is 0.535. The van der Waals surface area contributed by atoms with Crippen molar-refractivity contribution in [1.29, 1.82) is 0 Å². The van der Waals surface area contributed by atoms with Crippen LogP contribution in [0.4, 0.5) is 0 Å². The predicted octanol–water partition coefficient (Wildman–Crippen LogP) is 0.0664. The van der Waals surface area contributed by atoms with E-state index in [2.05, 4.69) is 10.5 Å². The van der Waals surface area contributed by atoms with E-state index in [1.165, 1.54) is 7.11 Å². The van der Waals surface area contributed by atoms with Gasteiger partial charge in [-0.05, 0) is 24.1 Å². The highest BCUT2D eigenvalue weighted by atomic mass is 32.2. The number of oxime groups is 1. The fourth-order valence-electron chi connectivity index (χ4n) is 2.33. The zero-order valence-electron chi connectivity index (χ0n) is 11.7. The van der Waals surface area contributed by atoms with Gasteiger partial charge in [0.15, 0.2) is 15.7 Å². The summed E-state index contributed by atoms with van der Waals surface area (Å²) in [6.07, 6.45) is 0.641. The van der Waals surface area contributed by atoms with Crippen molar-refractivity contribution in [3.8, 4) is 5.75 Å². The molecule has 116 valence electrons. The lowest BCUT2D eigenvalue weighted by molar-refractivity contribution is 0.318. The number of hydrogen-bond donors (Lipinski definition) is 3. The minimum Gasteiger partial charge on any atom is -0.496 e. The second-order valence-corrected chi connectivity index (χ2v) is 7.23. The molecule has 1 aliphatic heterocycles. The maximum Gasteiger partial charge on any atom is 0.173 e. The molecule has 0 bridgehead atoms. The molecule has 4 N–H and O–H groups in total. The van der Waals surface area contributed by atoms with Crippen molar-refractivity contribution in [3.63, 3.8) is 0 Å². The standard InChI is InChI=1S/C13H19N3O4S/c1-20-12-6-9(2-3-11(12)13(14)16-17)7-15-10-4-5-21(18,19)8-10/h2-3,6,10,15,17H,4-5,7-8H2,1H3,(H2,14,16). The molecule has 2 rings (SSSR count). The molecule has 0 saturated carbocycles. The summed E-state index contributed by atoms with van der Waals surface area (Å²) >= 11 is 0. The lowest BCUT2D eigenvalue weighted by Gasteiger charge is -2.13. The lowest BCUT2D eigenvalue weighted by atomic mass is 10.1. The smallest absolute Gasteiger partial charge is 0.173 e. The van der Waals surface area contributed by atoms with E-state index in [1.807, 2.05) is 6.07 Å². The van der Waals surface area contributed by atoms with Crippen LogP contribution in [0.3, 0.4) is 0 Å². The van der Waals surface area contributed by atoms with Crippen LogP contribution < -0.4 is 15.8 Å². The number of amidine groups is 1. The molecule has 1 aliphatic rings. The summed E-state index contributed by atoms with van der Waals surface area (Å²) in [5.41, 5.74) is 7.00. The molecule has 1 aromatic rings. The molecular weight excluding hydrogens is 294 g/mol. The van der Waals surface area contributed by atoms with Crippen LogP contribution in [0.1, 0.15) is 17.5 Å². The summed E-state index contributed by atoms with van der Waals surface area (Å²) in [5, 5.41) is 14.9. The third-order valence-electron chi connectivity index (χ3n) is 3.48. The SMILES string of the molecule is COc1cc(CNC2CCS(=O)(=O)C2)ccc1/C(N)=N/O. The molecule has 1 unspecified atom stereocenters. The molecule has 0 spiro atoms. The van der Waals surface area contributed by atoms with Crippen molar-refractivity contribution >= 4 is 15.7 Å². The van der Waals surface area contributed by atoms with Gasteiger partial charge in [-0.15, -0.1) is 0 Å². The van der Waals surface area contributed by atoms with Crippen LogP contribution in [0.25, 0.3) is 0 Å². The Labute approximate surface area is 123 Å². The number of hydrogen-bond acceptors (Lipinski definition) is 6. The summed E-state index contributed by atoms with van der Waals surface area (Å²) in [7, 11) is -1.38. The Hall–Kier alpha value is -1.80. The van der Waals surface area contributed by atoms with Gasteiger partial charge in [-0.2, -0.15) is 0 Å². The Balaban J connectivity index is 2.05. The van der Waals surface area contributed by atoms with Gasteiger partial charge in [-0.3, -0.25) is 0 Å². The molecule has 0 radical (unpaired) electrons. The number of rotatable bonds is 5. The molecule has 0 amide bonds. The lowest BCUT2D eigenvalue weighted by Crippen LogP contribution is -2.29. The highest BCUT2D eigenvalue weighted by Gasteiger charge is 2.27. The van der Waals surface area contributed by atoms with Gasteiger partial charge in [0.25, 0.3) is 0 Å². The Morgan fingerprint density at radius 2 is 2.33 bits per heavy atom. The maximum absolute atomic E-state index is 11.4. The van der Waals surface area contributed by atoms with E-state index in [9.17, 15) is 8.42 Å². The first-order chi connectivity index (χ1) is 9.95. The summed E-state index contributed by atoms with van der Waals surface area (Å²) in [4.78, 5) is 0. The quantitative estimate of drug-likeness (QED) is 0.307. The number of nitrogens with one attached hydrogen (secondary N) is 1. The van der Waals surface area contributed by atoms with Crippen LogP contribution in [-0.2, 0) is 16.4 Å². The number of nitrogens with two attached hydrogens (primary N) is 1. The molecule has 1 saturated heterocycles. The summed E-state index contributed by atoms with van der Waals surface area (Å²) in [5.74, 6) is 0.917. The molecule has 0 aromatic heterocycles. The Bertz CT molecular complexity index is 643. The minimum absolute atomic E-state index is 0.00950. The van der Waals surface area contributed by atoms with Crippen molar-refractivity contribution < 1.29 is 18.4 Å². The largest absolute Gasteiger partial charge is 0.496 e. The molecular formula is C13H19N3O4S. The van der Waals surface area contributed by atoms with Crippen LogP contribution in [0.15, 0.2) is 23.4 Å². The van der Waals surface area contributed by atoms with Crippen molar-refractivity contribution in [2.45, 2.75) is 19.0 Å². The fourth-order valence-corrected chi connectivity index (χ4v) is 4.04. The van der Waals surface area contributed by atoms with Crippen LogP contribution in [-0.4, -0.2) is 44.1 Å². The van der Waals surface area contributed by atoms with Crippen LogP contribution >= 0.6 is 0 Å². The molecule has 21 heavy (non-hydrogen) atoms. The molecule has 1 aromatic carbocycles. The highest BCUT2D eigenvalue weighted by molar-refractivity contribution is 7.91. The highest BCUT2D eigenvalue weighted by Crippen LogP contribution is 2.20. The van der Waals surface area contributed by atoms with Crippen molar-refractivity contribution in [2.75, 3.05) is 18.6 Å². The molecule has 1 fully saturated rings. The molecule has 7 nitrogen and oxygen atoms in total. The van der Waals surface area contributed by atoms with Crippen molar-refractivity contribution in [3.05, 3.63) is 29.3 Å². The number of sulfone groups is 1. The average molecular weight is 313 g/mol. The zero-order chi connectivity index (χ0) is 15.5.